The van der Waals surface area contributed by atoms with Gasteiger partial charge in [-0.05, 0) is 70.8 Å². The van der Waals surface area contributed by atoms with Crippen LogP contribution in [0.5, 0.6) is 0 Å². The summed E-state index contributed by atoms with van der Waals surface area (Å²) in [7, 11) is 0. The van der Waals surface area contributed by atoms with Crippen LogP contribution in [-0.2, 0) is 0 Å². The van der Waals surface area contributed by atoms with Gasteiger partial charge in [0.15, 0.2) is 0 Å². The van der Waals surface area contributed by atoms with Crippen molar-refractivity contribution in [2.24, 2.45) is 0 Å². The minimum Gasteiger partial charge on any atom is -0.354 e. The van der Waals surface area contributed by atoms with Crippen LogP contribution in [0.15, 0.2) is 170 Å². The summed E-state index contributed by atoms with van der Waals surface area (Å²) in [5.74, 6) is 0. The third-order valence-corrected chi connectivity index (χ3v) is 9.15. The van der Waals surface area contributed by atoms with E-state index in [4.69, 9.17) is 0 Å². The van der Waals surface area contributed by atoms with Gasteiger partial charge >= 0.3 is 0 Å². The molecule has 4 aromatic heterocycles. The van der Waals surface area contributed by atoms with Crippen molar-refractivity contribution in [1.29, 1.82) is 0 Å². The van der Waals surface area contributed by atoms with Gasteiger partial charge in [0, 0.05) is 77.4 Å². The molecule has 4 aromatic carbocycles. The standard InChI is InChI=1S/C44H32N4.Si/c1-5-13-29(14-6-1)41-33-21-23-35(45-33)42(30-15-7-2-8-16-30)37-25-27-39(47-37)44(32-19-11-4-12-20-32)40-28-26-38(48-40)43(31-17-9-3-10-18-31)36-24-22-34(41)46-36;/h1-28,45-48H;. The quantitative estimate of drug-likeness (QED) is 0.172. The second-order valence-electron chi connectivity index (χ2n) is 12.1. The molecule has 0 unspecified atom stereocenters. The second-order valence-corrected chi connectivity index (χ2v) is 12.1. The first-order valence-electron chi connectivity index (χ1n) is 16.3. The maximum atomic E-state index is 3.84. The Labute approximate surface area is 288 Å². The lowest BCUT2D eigenvalue weighted by atomic mass is 10.0. The van der Waals surface area contributed by atoms with E-state index in [1.165, 1.54) is 0 Å². The van der Waals surface area contributed by atoms with Gasteiger partial charge in [-0.3, -0.25) is 0 Å². The van der Waals surface area contributed by atoms with Crippen LogP contribution in [0.1, 0.15) is 45.0 Å². The molecular weight excluding hydrogens is 613 g/mol. The minimum atomic E-state index is 0. The molecule has 0 amide bonds. The summed E-state index contributed by atoms with van der Waals surface area (Å²) in [6.45, 7) is 0. The maximum Gasteiger partial charge on any atom is 0.0485 e. The fourth-order valence-corrected chi connectivity index (χ4v) is 6.99. The Kier molecular flexibility index (Phi) is 7.80. The monoisotopic (exact) mass is 644 g/mol. The van der Waals surface area contributed by atoms with Crippen LogP contribution in [-0.4, -0.2) is 30.9 Å². The Morgan fingerprint density at radius 1 is 0.224 bits per heavy atom. The lowest BCUT2D eigenvalue weighted by Gasteiger charge is -2.09. The summed E-state index contributed by atoms with van der Waals surface area (Å²) in [5, 5.41) is 4.16. The number of hydrogen-bond donors (Lipinski definition) is 4. The number of rotatable bonds is 4. The molecule has 0 fully saturated rings. The molecule has 232 valence electrons. The summed E-state index contributed by atoms with van der Waals surface area (Å²) in [5.41, 5.74) is 13.1. The zero-order valence-electron chi connectivity index (χ0n) is 26.7. The van der Waals surface area contributed by atoms with Gasteiger partial charge < -0.3 is 19.9 Å². The van der Waals surface area contributed by atoms with Crippen molar-refractivity contribution in [3.05, 3.63) is 236 Å². The van der Waals surface area contributed by atoms with Gasteiger partial charge in [-0.2, -0.15) is 0 Å². The summed E-state index contributed by atoms with van der Waals surface area (Å²) in [6.07, 6.45) is 0. The van der Waals surface area contributed by atoms with Crippen LogP contribution in [0.25, 0.3) is 22.3 Å². The van der Waals surface area contributed by atoms with Crippen LogP contribution in [0.2, 0.25) is 0 Å². The van der Waals surface area contributed by atoms with Gasteiger partial charge in [0.25, 0.3) is 0 Å². The van der Waals surface area contributed by atoms with Crippen molar-refractivity contribution < 1.29 is 0 Å². The van der Waals surface area contributed by atoms with Crippen LogP contribution in [0.4, 0.5) is 0 Å². The average molecular weight is 645 g/mol. The Hall–Kier alpha value is -6.30. The molecule has 8 aromatic rings. The van der Waals surface area contributed by atoms with Gasteiger partial charge in [0.1, 0.15) is 0 Å². The Morgan fingerprint density at radius 3 is 0.673 bits per heavy atom. The lowest BCUT2D eigenvalue weighted by Crippen LogP contribution is -2.19. The van der Waals surface area contributed by atoms with E-state index < -0.39 is 0 Å². The first-order chi connectivity index (χ1) is 23.8. The third-order valence-electron chi connectivity index (χ3n) is 9.15. The highest BCUT2D eigenvalue weighted by molar-refractivity contribution is 5.84. The highest BCUT2D eigenvalue weighted by Gasteiger charge is 2.18. The minimum absolute atomic E-state index is 0. The average Bonchev–Trinajstić information content (AvgIpc) is 3.98. The summed E-state index contributed by atoms with van der Waals surface area (Å²) in [6, 6.07) is 60.0. The molecule has 0 spiro atoms. The predicted molar refractivity (Wildman–Crippen MR) is 200 cm³/mol. The van der Waals surface area contributed by atoms with Gasteiger partial charge in [0.2, 0.25) is 0 Å². The lowest BCUT2D eigenvalue weighted by molar-refractivity contribution is 1.19. The largest absolute Gasteiger partial charge is 0.354 e. The van der Waals surface area contributed by atoms with E-state index in [2.05, 4.69) is 190 Å². The number of benzene rings is 4. The number of aromatic nitrogens is 4. The zero-order chi connectivity index (χ0) is 31.9. The zero-order valence-corrected chi connectivity index (χ0v) is 27.7. The van der Waals surface area contributed by atoms with Crippen molar-refractivity contribution >= 4 is 33.3 Å². The van der Waals surface area contributed by atoms with Crippen LogP contribution < -0.4 is 21.4 Å². The number of H-pyrrole nitrogens is 4. The van der Waals surface area contributed by atoms with E-state index in [0.717, 1.165) is 88.7 Å². The van der Waals surface area contributed by atoms with Gasteiger partial charge in [0.05, 0.1) is 0 Å². The molecule has 9 rings (SSSR count). The molecule has 0 saturated heterocycles. The fourth-order valence-electron chi connectivity index (χ4n) is 6.99. The second kappa shape index (κ2) is 12.7. The molecule has 5 heteroatoms. The highest BCUT2D eigenvalue weighted by Crippen LogP contribution is 2.27. The smallest absolute Gasteiger partial charge is 0.0485 e. The maximum absolute atomic E-state index is 3.84. The molecule has 4 N–H and O–H groups in total. The Morgan fingerprint density at radius 2 is 0.449 bits per heavy atom. The van der Waals surface area contributed by atoms with Crippen molar-refractivity contribution in [1.82, 2.24) is 19.9 Å². The van der Waals surface area contributed by atoms with E-state index in [9.17, 15) is 0 Å². The number of nitrogens with one attached hydrogen (secondary N) is 4. The molecule has 49 heavy (non-hydrogen) atoms. The molecule has 4 nitrogen and oxygen atoms in total. The van der Waals surface area contributed by atoms with Crippen LogP contribution in [0.3, 0.4) is 0 Å². The van der Waals surface area contributed by atoms with Crippen molar-refractivity contribution in [3.8, 4) is 0 Å². The Balaban J connectivity index is 0.00000348. The van der Waals surface area contributed by atoms with E-state index >= 15 is 0 Å². The number of fused-ring (bicyclic) bond motifs is 8. The topological polar surface area (TPSA) is 63.2 Å². The van der Waals surface area contributed by atoms with E-state index in [1.54, 1.807) is 0 Å². The SMILES string of the molecule is [Si].c1ccc(C2=c3ccc([nH]3)=C(c3ccccc3)c3ccc([nH]3)C(c3ccccc3)=c3ccc([nH]3)=C(c3ccccc3)c3ccc2[nH]3)cc1. The first kappa shape index (κ1) is 30.1. The van der Waals surface area contributed by atoms with Crippen LogP contribution in [0, 0.1) is 0 Å². The van der Waals surface area contributed by atoms with Crippen molar-refractivity contribution in [3.63, 3.8) is 0 Å². The molecule has 0 atom stereocenters. The van der Waals surface area contributed by atoms with E-state index in [1.807, 2.05) is 0 Å². The molecule has 0 aliphatic carbocycles. The number of hydrogen-bond acceptors (Lipinski definition) is 0. The van der Waals surface area contributed by atoms with Gasteiger partial charge in [-0.1, -0.05) is 121 Å². The highest BCUT2D eigenvalue weighted by atomic mass is 28.1. The van der Waals surface area contributed by atoms with E-state index in [0.29, 0.717) is 0 Å². The number of aromatic amines is 4. The summed E-state index contributed by atoms with van der Waals surface area (Å²) < 4.78 is 0. The molecular formula is C44H32N4Si. The third kappa shape index (κ3) is 5.46. The van der Waals surface area contributed by atoms with E-state index in [-0.39, 0.29) is 11.0 Å². The Bertz CT molecular complexity index is 2280. The summed E-state index contributed by atoms with van der Waals surface area (Å²) >= 11 is 0. The van der Waals surface area contributed by atoms with Crippen molar-refractivity contribution in [2.75, 3.05) is 0 Å². The molecule has 8 bridgehead atoms. The molecule has 5 heterocycles. The van der Waals surface area contributed by atoms with Crippen LogP contribution >= 0.6 is 0 Å². The normalized spacial score (nSPS) is 12.6. The molecule has 0 saturated carbocycles. The van der Waals surface area contributed by atoms with Gasteiger partial charge in [-0.15, -0.1) is 0 Å². The molecule has 1 aliphatic rings. The fraction of sp³-hybridized carbons (Fsp3) is 0. The molecule has 4 radical (unpaired) electrons. The first-order valence-corrected chi connectivity index (χ1v) is 16.3. The predicted octanol–water partition coefficient (Wildman–Crippen LogP) is 5.92. The van der Waals surface area contributed by atoms with Crippen molar-refractivity contribution in [2.45, 2.75) is 0 Å². The molecule has 1 aliphatic heterocycles. The summed E-state index contributed by atoms with van der Waals surface area (Å²) in [4.78, 5) is 15.4. The van der Waals surface area contributed by atoms with Gasteiger partial charge in [-0.25, -0.2) is 0 Å².